The monoisotopic (exact) mass is 263 g/mol. The van der Waals surface area contributed by atoms with Crippen molar-refractivity contribution in [2.24, 2.45) is 7.05 Å². The van der Waals surface area contributed by atoms with Gasteiger partial charge in [0.15, 0.2) is 5.95 Å². The summed E-state index contributed by atoms with van der Waals surface area (Å²) in [4.78, 5) is 14.0. The van der Waals surface area contributed by atoms with Crippen LogP contribution in [0.25, 0.3) is 0 Å². The second-order valence-corrected chi connectivity index (χ2v) is 3.93. The number of hydrogen-bond acceptors (Lipinski definition) is 6. The first-order chi connectivity index (χ1) is 8.99. The molecule has 0 saturated carbocycles. The molecule has 1 aromatic carbocycles. The van der Waals surface area contributed by atoms with Crippen molar-refractivity contribution in [1.82, 2.24) is 9.55 Å². The minimum absolute atomic E-state index is 0.0744. The summed E-state index contributed by atoms with van der Waals surface area (Å²) in [6, 6.07) is 4.06. The lowest BCUT2D eigenvalue weighted by Gasteiger charge is -2.09. The summed E-state index contributed by atoms with van der Waals surface area (Å²) in [6.07, 6.45) is 1.59. The molecule has 0 radical (unpaired) electrons. The SMILES string of the molecule is Cn1c(COc2ccc([N+](=O)[O-])cc2N)cnc1N. The molecule has 0 atom stereocenters. The van der Waals surface area contributed by atoms with Crippen molar-refractivity contribution in [1.29, 1.82) is 0 Å². The van der Waals surface area contributed by atoms with Crippen LogP contribution in [0.2, 0.25) is 0 Å². The van der Waals surface area contributed by atoms with Gasteiger partial charge in [-0.1, -0.05) is 0 Å². The molecule has 2 rings (SSSR count). The number of nitro benzene ring substituents is 1. The third kappa shape index (κ3) is 2.57. The maximum absolute atomic E-state index is 10.6. The first-order valence-electron chi connectivity index (χ1n) is 5.42. The van der Waals surface area contributed by atoms with Crippen LogP contribution in [-0.2, 0) is 13.7 Å². The van der Waals surface area contributed by atoms with Crippen molar-refractivity contribution in [2.75, 3.05) is 11.5 Å². The van der Waals surface area contributed by atoms with E-state index in [1.807, 2.05) is 0 Å². The van der Waals surface area contributed by atoms with Crippen molar-refractivity contribution in [3.05, 3.63) is 40.2 Å². The summed E-state index contributed by atoms with van der Waals surface area (Å²) in [5.41, 5.74) is 12.2. The highest BCUT2D eigenvalue weighted by Gasteiger charge is 2.10. The molecule has 1 heterocycles. The van der Waals surface area contributed by atoms with Gasteiger partial charge < -0.3 is 20.8 Å². The van der Waals surface area contributed by atoms with Gasteiger partial charge >= 0.3 is 0 Å². The van der Waals surface area contributed by atoms with E-state index < -0.39 is 4.92 Å². The van der Waals surface area contributed by atoms with Crippen LogP contribution in [0.4, 0.5) is 17.3 Å². The van der Waals surface area contributed by atoms with Gasteiger partial charge in [-0.2, -0.15) is 0 Å². The lowest BCUT2D eigenvalue weighted by molar-refractivity contribution is -0.384. The number of imidazole rings is 1. The van der Waals surface area contributed by atoms with Crippen molar-refractivity contribution < 1.29 is 9.66 Å². The Bertz CT molecular complexity index is 623. The first kappa shape index (κ1) is 12.7. The summed E-state index contributed by atoms with van der Waals surface area (Å²) in [5, 5.41) is 10.6. The molecule has 0 amide bonds. The number of aromatic nitrogens is 2. The Morgan fingerprint density at radius 2 is 2.21 bits per heavy atom. The second-order valence-electron chi connectivity index (χ2n) is 3.93. The zero-order valence-corrected chi connectivity index (χ0v) is 10.2. The molecule has 0 aliphatic rings. The Balaban J connectivity index is 2.12. The zero-order chi connectivity index (χ0) is 14.0. The number of nitrogens with two attached hydrogens (primary N) is 2. The summed E-state index contributed by atoms with van der Waals surface area (Å²) >= 11 is 0. The first-order valence-corrected chi connectivity index (χ1v) is 5.42. The zero-order valence-electron chi connectivity index (χ0n) is 10.2. The number of ether oxygens (including phenoxy) is 1. The van der Waals surface area contributed by atoms with Crippen molar-refractivity contribution in [3.8, 4) is 5.75 Å². The van der Waals surface area contributed by atoms with E-state index in [2.05, 4.69) is 4.98 Å². The van der Waals surface area contributed by atoms with Crippen LogP contribution in [0.1, 0.15) is 5.69 Å². The van der Waals surface area contributed by atoms with Gasteiger partial charge in [0, 0.05) is 19.2 Å². The van der Waals surface area contributed by atoms with Crippen molar-refractivity contribution in [3.63, 3.8) is 0 Å². The van der Waals surface area contributed by atoms with E-state index in [0.29, 0.717) is 11.7 Å². The van der Waals surface area contributed by atoms with Gasteiger partial charge in [0.05, 0.1) is 22.5 Å². The number of benzene rings is 1. The van der Waals surface area contributed by atoms with Crippen molar-refractivity contribution >= 4 is 17.3 Å². The molecule has 1 aromatic heterocycles. The molecular weight excluding hydrogens is 250 g/mol. The molecule has 0 fully saturated rings. The van der Waals surface area contributed by atoms with Crippen LogP contribution in [0.15, 0.2) is 24.4 Å². The highest BCUT2D eigenvalue weighted by Crippen LogP contribution is 2.26. The van der Waals surface area contributed by atoms with Crippen LogP contribution in [-0.4, -0.2) is 14.5 Å². The van der Waals surface area contributed by atoms with Gasteiger partial charge in [-0.05, 0) is 6.07 Å². The van der Waals surface area contributed by atoms with Gasteiger partial charge in [-0.15, -0.1) is 0 Å². The highest BCUT2D eigenvalue weighted by atomic mass is 16.6. The molecule has 100 valence electrons. The number of nitrogens with zero attached hydrogens (tertiary/aromatic N) is 3. The van der Waals surface area contributed by atoms with E-state index in [0.717, 1.165) is 5.69 Å². The fourth-order valence-corrected chi connectivity index (χ4v) is 1.53. The Kier molecular flexibility index (Phi) is 3.23. The fourth-order valence-electron chi connectivity index (χ4n) is 1.53. The third-order valence-corrected chi connectivity index (χ3v) is 2.70. The standard InChI is InChI=1S/C11H13N5O3/c1-15-8(5-14-11(15)13)6-19-10-3-2-7(16(17)18)4-9(10)12/h2-5H,6,12H2,1H3,(H2,13,14). The predicted molar refractivity (Wildman–Crippen MR) is 69.5 cm³/mol. The summed E-state index contributed by atoms with van der Waals surface area (Å²) in [6.45, 7) is 0.225. The molecule has 0 unspecified atom stereocenters. The van der Waals surface area contributed by atoms with E-state index >= 15 is 0 Å². The van der Waals surface area contributed by atoms with E-state index in [4.69, 9.17) is 16.2 Å². The van der Waals surface area contributed by atoms with Crippen LogP contribution in [0.3, 0.4) is 0 Å². The van der Waals surface area contributed by atoms with E-state index in [1.165, 1.54) is 18.2 Å². The van der Waals surface area contributed by atoms with Gasteiger partial charge in [-0.25, -0.2) is 4.98 Å². The number of non-ortho nitro benzene ring substituents is 1. The number of nitro groups is 1. The Labute approximate surface area is 108 Å². The number of anilines is 2. The number of hydrogen-bond donors (Lipinski definition) is 2. The maximum atomic E-state index is 10.6. The number of rotatable bonds is 4. The largest absolute Gasteiger partial charge is 0.485 e. The van der Waals surface area contributed by atoms with Gasteiger partial charge in [0.2, 0.25) is 0 Å². The summed E-state index contributed by atoms with van der Waals surface area (Å²) < 4.78 is 7.17. The smallest absolute Gasteiger partial charge is 0.271 e. The molecule has 0 spiro atoms. The lowest BCUT2D eigenvalue weighted by Crippen LogP contribution is -2.05. The van der Waals surface area contributed by atoms with Crippen LogP contribution < -0.4 is 16.2 Å². The molecule has 0 bridgehead atoms. The van der Waals surface area contributed by atoms with Crippen LogP contribution >= 0.6 is 0 Å². The Morgan fingerprint density at radius 3 is 2.74 bits per heavy atom. The van der Waals surface area contributed by atoms with E-state index in [1.54, 1.807) is 17.8 Å². The third-order valence-electron chi connectivity index (χ3n) is 2.70. The minimum Gasteiger partial charge on any atom is -0.485 e. The molecule has 4 N–H and O–H groups in total. The van der Waals surface area contributed by atoms with Gasteiger partial charge in [0.1, 0.15) is 12.4 Å². The molecule has 8 heteroatoms. The molecule has 0 aliphatic carbocycles. The topological polar surface area (TPSA) is 122 Å². The fraction of sp³-hybridized carbons (Fsp3) is 0.182. The minimum atomic E-state index is -0.512. The highest BCUT2D eigenvalue weighted by molar-refractivity contribution is 5.58. The van der Waals surface area contributed by atoms with E-state index in [9.17, 15) is 10.1 Å². The molecule has 19 heavy (non-hydrogen) atoms. The Hall–Kier alpha value is -2.77. The molecule has 0 aliphatic heterocycles. The Morgan fingerprint density at radius 1 is 1.47 bits per heavy atom. The van der Waals surface area contributed by atoms with Crippen molar-refractivity contribution in [2.45, 2.75) is 6.61 Å². The molecule has 8 nitrogen and oxygen atoms in total. The quantitative estimate of drug-likeness (QED) is 0.483. The second kappa shape index (κ2) is 4.84. The van der Waals surface area contributed by atoms with Gasteiger partial charge in [-0.3, -0.25) is 10.1 Å². The average Bonchev–Trinajstić information content (AvgIpc) is 2.68. The maximum Gasteiger partial charge on any atom is 0.271 e. The van der Waals surface area contributed by atoms with E-state index in [-0.39, 0.29) is 18.0 Å². The predicted octanol–water partition coefficient (Wildman–Crippen LogP) is 1.07. The molecule has 2 aromatic rings. The van der Waals surface area contributed by atoms with Gasteiger partial charge in [0.25, 0.3) is 5.69 Å². The van der Waals surface area contributed by atoms with Crippen LogP contribution in [0.5, 0.6) is 5.75 Å². The summed E-state index contributed by atoms with van der Waals surface area (Å²) in [5.74, 6) is 0.764. The molecular formula is C11H13N5O3. The molecule has 0 saturated heterocycles. The normalized spacial score (nSPS) is 10.4. The van der Waals surface area contributed by atoms with Crippen LogP contribution in [0, 0.1) is 10.1 Å². The average molecular weight is 263 g/mol. The summed E-state index contributed by atoms with van der Waals surface area (Å²) in [7, 11) is 1.76. The lowest BCUT2D eigenvalue weighted by atomic mass is 10.2. The number of nitrogen functional groups attached to an aromatic ring is 2.